The van der Waals surface area contributed by atoms with Gasteiger partial charge in [-0.25, -0.2) is 9.67 Å². The van der Waals surface area contributed by atoms with Crippen LogP contribution in [0.3, 0.4) is 0 Å². The number of aromatic nitrogens is 3. The Morgan fingerprint density at radius 3 is 2.92 bits per heavy atom. The number of nitrogens with one attached hydrogen (secondary N) is 1. The third-order valence-electron chi connectivity index (χ3n) is 1.57. The monoisotopic (exact) mass is 195 g/mol. The lowest BCUT2D eigenvalue weighted by atomic mass is 10.4. The van der Waals surface area contributed by atoms with Gasteiger partial charge in [-0.05, 0) is 12.1 Å². The van der Waals surface area contributed by atoms with Crippen LogP contribution < -0.4 is 5.56 Å². The number of hydrogen-bond acceptors (Lipinski definition) is 2. The molecule has 2 aromatic rings. The van der Waals surface area contributed by atoms with Gasteiger partial charge in [-0.2, -0.15) is 0 Å². The molecule has 13 heavy (non-hydrogen) atoms. The zero-order chi connectivity index (χ0) is 9.26. The van der Waals surface area contributed by atoms with Crippen LogP contribution in [-0.4, -0.2) is 14.8 Å². The van der Waals surface area contributed by atoms with E-state index in [1.165, 1.54) is 10.7 Å². The first-order valence-corrected chi connectivity index (χ1v) is 4.04. The molecule has 0 aliphatic heterocycles. The zero-order valence-corrected chi connectivity index (χ0v) is 7.32. The van der Waals surface area contributed by atoms with Crippen LogP contribution in [0, 0.1) is 0 Å². The van der Waals surface area contributed by atoms with Crippen molar-refractivity contribution < 1.29 is 0 Å². The number of aromatic amines is 1. The van der Waals surface area contributed by atoms with E-state index in [-0.39, 0.29) is 5.56 Å². The summed E-state index contributed by atoms with van der Waals surface area (Å²) in [5.41, 5.74) is -0.179. The van der Waals surface area contributed by atoms with Gasteiger partial charge in [-0.1, -0.05) is 11.6 Å². The van der Waals surface area contributed by atoms with Crippen molar-refractivity contribution in [3.8, 4) is 5.82 Å². The smallest absolute Gasteiger partial charge is 0.264 e. The van der Waals surface area contributed by atoms with Gasteiger partial charge in [-0.15, -0.1) is 0 Å². The van der Waals surface area contributed by atoms with Gasteiger partial charge in [0.1, 0.15) is 0 Å². The molecule has 0 aliphatic rings. The summed E-state index contributed by atoms with van der Waals surface area (Å²) in [5, 5.41) is 3.04. The molecule has 0 amide bonds. The Bertz CT molecular complexity index is 474. The minimum atomic E-state index is -0.179. The summed E-state index contributed by atoms with van der Waals surface area (Å²) in [5.74, 6) is 0.520. The average molecular weight is 196 g/mol. The highest BCUT2D eigenvalue weighted by Crippen LogP contribution is 2.14. The predicted molar refractivity (Wildman–Crippen MR) is 49.2 cm³/mol. The van der Waals surface area contributed by atoms with Crippen LogP contribution in [0.25, 0.3) is 5.82 Å². The largest absolute Gasteiger partial charge is 0.268 e. The van der Waals surface area contributed by atoms with E-state index in [9.17, 15) is 4.79 Å². The van der Waals surface area contributed by atoms with Crippen LogP contribution in [0.5, 0.6) is 0 Å². The number of halogens is 1. The highest BCUT2D eigenvalue weighted by Gasteiger charge is 2.02. The molecule has 4 nitrogen and oxygen atoms in total. The van der Waals surface area contributed by atoms with Crippen LogP contribution in [0.4, 0.5) is 0 Å². The normalized spacial score (nSPS) is 10.2. The summed E-state index contributed by atoms with van der Waals surface area (Å²) in [6.07, 6.45) is 3.19. The predicted octanol–water partition coefficient (Wildman–Crippen LogP) is 1.21. The zero-order valence-electron chi connectivity index (χ0n) is 6.57. The molecule has 2 heterocycles. The van der Waals surface area contributed by atoms with Crippen LogP contribution in [-0.2, 0) is 0 Å². The molecule has 2 rings (SSSR count). The topological polar surface area (TPSA) is 50.7 Å². The molecule has 5 heteroatoms. The molecule has 0 radical (unpaired) electrons. The third kappa shape index (κ3) is 1.48. The van der Waals surface area contributed by atoms with Gasteiger partial charge in [0.05, 0.1) is 5.02 Å². The number of hydrogen-bond donors (Lipinski definition) is 1. The highest BCUT2D eigenvalue weighted by atomic mass is 35.5. The molecule has 0 saturated carbocycles. The summed E-state index contributed by atoms with van der Waals surface area (Å²) in [6.45, 7) is 0. The maximum Gasteiger partial charge on any atom is 0.264 e. The molecule has 66 valence electrons. The van der Waals surface area contributed by atoms with Gasteiger partial charge in [0.25, 0.3) is 5.56 Å². The Kier molecular flexibility index (Phi) is 1.90. The highest BCUT2D eigenvalue weighted by molar-refractivity contribution is 6.32. The summed E-state index contributed by atoms with van der Waals surface area (Å²) < 4.78 is 1.48. The fraction of sp³-hybridized carbons (Fsp3) is 0. The second kappa shape index (κ2) is 3.06. The molecular weight excluding hydrogens is 190 g/mol. The first-order chi connectivity index (χ1) is 6.27. The van der Waals surface area contributed by atoms with Gasteiger partial charge in [0, 0.05) is 18.5 Å². The van der Waals surface area contributed by atoms with Gasteiger partial charge in [0.15, 0.2) is 5.82 Å². The number of H-pyrrole nitrogens is 1. The standard InChI is InChI=1S/C8H6ClN3O/c9-6-2-1-4-10-8(6)12-5-3-7(13)11-12/h1-5H,(H,11,13). The quantitative estimate of drug-likeness (QED) is 0.744. The fourth-order valence-corrected chi connectivity index (χ4v) is 1.23. The van der Waals surface area contributed by atoms with E-state index in [0.29, 0.717) is 10.8 Å². The summed E-state index contributed by atoms with van der Waals surface area (Å²) >= 11 is 5.86. The second-order valence-electron chi connectivity index (χ2n) is 2.47. The fourth-order valence-electron chi connectivity index (χ4n) is 1.01. The maximum absolute atomic E-state index is 10.8. The Hall–Kier alpha value is -1.55. The van der Waals surface area contributed by atoms with E-state index in [4.69, 9.17) is 11.6 Å². The number of rotatable bonds is 1. The molecule has 0 bridgehead atoms. The molecule has 0 spiro atoms. The van der Waals surface area contributed by atoms with Gasteiger partial charge < -0.3 is 0 Å². The van der Waals surface area contributed by atoms with E-state index in [2.05, 4.69) is 10.1 Å². The van der Waals surface area contributed by atoms with Crippen molar-refractivity contribution in [3.63, 3.8) is 0 Å². The minimum Gasteiger partial charge on any atom is -0.268 e. The van der Waals surface area contributed by atoms with Gasteiger partial charge in [-0.3, -0.25) is 9.89 Å². The molecule has 0 aromatic carbocycles. The van der Waals surface area contributed by atoms with E-state index in [1.807, 2.05) is 0 Å². The van der Waals surface area contributed by atoms with Crippen molar-refractivity contribution in [2.75, 3.05) is 0 Å². The van der Waals surface area contributed by atoms with Crippen LogP contribution >= 0.6 is 11.6 Å². The summed E-state index contributed by atoms with van der Waals surface area (Å²) in [7, 11) is 0. The van der Waals surface area contributed by atoms with Crippen molar-refractivity contribution in [1.82, 2.24) is 14.8 Å². The minimum absolute atomic E-state index is 0.179. The lowest BCUT2D eigenvalue weighted by Gasteiger charge is -2.01. The molecular formula is C8H6ClN3O. The first kappa shape index (κ1) is 8.07. The first-order valence-electron chi connectivity index (χ1n) is 3.66. The average Bonchev–Trinajstić information content (AvgIpc) is 2.53. The van der Waals surface area contributed by atoms with E-state index in [0.717, 1.165) is 0 Å². The summed E-state index contributed by atoms with van der Waals surface area (Å²) in [6, 6.07) is 4.85. The SMILES string of the molecule is O=c1ccn(-c2ncccc2Cl)[nH]1. The molecule has 2 aromatic heterocycles. The summed E-state index contributed by atoms with van der Waals surface area (Å²) in [4.78, 5) is 14.9. The van der Waals surface area contributed by atoms with Crippen molar-refractivity contribution >= 4 is 11.6 Å². The van der Waals surface area contributed by atoms with Crippen LogP contribution in [0.2, 0.25) is 5.02 Å². The maximum atomic E-state index is 10.8. The van der Waals surface area contributed by atoms with Gasteiger partial charge in [0.2, 0.25) is 0 Å². The number of nitrogens with zero attached hydrogens (tertiary/aromatic N) is 2. The lowest BCUT2D eigenvalue weighted by molar-refractivity contribution is 0.833. The van der Waals surface area contributed by atoms with Crippen molar-refractivity contribution in [2.45, 2.75) is 0 Å². The van der Waals surface area contributed by atoms with Crippen molar-refractivity contribution in [1.29, 1.82) is 0 Å². The van der Waals surface area contributed by atoms with Crippen LogP contribution in [0.15, 0.2) is 35.4 Å². The van der Waals surface area contributed by atoms with Crippen molar-refractivity contribution in [2.24, 2.45) is 0 Å². The molecule has 0 saturated heterocycles. The Morgan fingerprint density at radius 1 is 1.46 bits per heavy atom. The molecule has 0 aliphatic carbocycles. The molecule has 0 atom stereocenters. The van der Waals surface area contributed by atoms with E-state index < -0.39 is 0 Å². The molecule has 1 N–H and O–H groups in total. The molecule has 0 fully saturated rings. The Labute approximate surface area is 78.8 Å². The Morgan fingerprint density at radius 2 is 2.31 bits per heavy atom. The lowest BCUT2D eigenvalue weighted by Crippen LogP contribution is -2.04. The Balaban J connectivity index is 2.58. The second-order valence-corrected chi connectivity index (χ2v) is 2.88. The molecule has 0 unspecified atom stereocenters. The third-order valence-corrected chi connectivity index (χ3v) is 1.87. The van der Waals surface area contributed by atoms with E-state index >= 15 is 0 Å². The van der Waals surface area contributed by atoms with Crippen LogP contribution in [0.1, 0.15) is 0 Å². The van der Waals surface area contributed by atoms with E-state index in [1.54, 1.807) is 24.5 Å². The van der Waals surface area contributed by atoms with Crippen molar-refractivity contribution in [3.05, 3.63) is 46.0 Å². The van der Waals surface area contributed by atoms with Gasteiger partial charge >= 0.3 is 0 Å². The number of pyridine rings is 1.